The zero-order chi connectivity index (χ0) is 11.5. The number of carbonyl (C=O) groups excluding carboxylic acids is 1. The zero-order valence-electron chi connectivity index (χ0n) is 9.45. The number of anilines is 1. The molecule has 0 atom stereocenters. The van der Waals surface area contributed by atoms with Gasteiger partial charge in [-0.3, -0.25) is 4.79 Å². The molecule has 0 aromatic carbocycles. The Kier molecular flexibility index (Phi) is 2.98. The molecule has 1 aromatic heterocycles. The van der Waals surface area contributed by atoms with E-state index in [1.54, 1.807) is 0 Å². The highest BCUT2D eigenvalue weighted by Gasteiger charge is 2.22. The quantitative estimate of drug-likeness (QED) is 0.758. The van der Waals surface area contributed by atoms with Crippen LogP contribution in [0, 0.1) is 13.8 Å². The number of rotatable bonds is 4. The molecule has 1 fully saturated rings. The summed E-state index contributed by atoms with van der Waals surface area (Å²) < 4.78 is 0. The van der Waals surface area contributed by atoms with Crippen molar-refractivity contribution in [3.63, 3.8) is 0 Å². The molecule has 0 saturated heterocycles. The van der Waals surface area contributed by atoms with E-state index in [1.807, 2.05) is 13.8 Å². The molecule has 16 heavy (non-hydrogen) atoms. The van der Waals surface area contributed by atoms with E-state index in [-0.39, 0.29) is 12.5 Å². The molecule has 2 N–H and O–H groups in total. The van der Waals surface area contributed by atoms with Crippen LogP contribution in [0.5, 0.6) is 0 Å². The number of aryl methyl sites for hydroxylation is 2. The Morgan fingerprint density at radius 2 is 2.06 bits per heavy atom. The lowest BCUT2D eigenvalue weighted by molar-refractivity contribution is -0.119. The molecule has 1 aliphatic rings. The first-order chi connectivity index (χ1) is 7.65. The fourth-order valence-corrected chi connectivity index (χ4v) is 1.20. The van der Waals surface area contributed by atoms with Crippen molar-refractivity contribution in [2.24, 2.45) is 0 Å². The van der Waals surface area contributed by atoms with E-state index in [9.17, 15) is 4.79 Å². The fraction of sp³-hybridized carbons (Fsp3) is 0.600. The van der Waals surface area contributed by atoms with Crippen LogP contribution in [0.15, 0.2) is 0 Å². The van der Waals surface area contributed by atoms with Crippen molar-refractivity contribution >= 4 is 11.9 Å². The molecule has 6 nitrogen and oxygen atoms in total. The second kappa shape index (κ2) is 4.42. The van der Waals surface area contributed by atoms with E-state index in [2.05, 4.69) is 25.8 Å². The van der Waals surface area contributed by atoms with Gasteiger partial charge >= 0.3 is 0 Å². The highest BCUT2D eigenvalue weighted by atomic mass is 16.2. The number of nitrogens with one attached hydrogen (secondary N) is 2. The maximum absolute atomic E-state index is 11.4. The number of nitrogens with zero attached hydrogens (tertiary/aromatic N) is 3. The molecule has 0 spiro atoms. The van der Waals surface area contributed by atoms with Gasteiger partial charge in [0.1, 0.15) is 0 Å². The van der Waals surface area contributed by atoms with Crippen LogP contribution in [0.2, 0.25) is 0 Å². The summed E-state index contributed by atoms with van der Waals surface area (Å²) >= 11 is 0. The SMILES string of the molecule is Cc1nnc(NCC(=O)NC2CC2)nc1C. The summed E-state index contributed by atoms with van der Waals surface area (Å²) in [7, 11) is 0. The zero-order valence-corrected chi connectivity index (χ0v) is 9.45. The summed E-state index contributed by atoms with van der Waals surface area (Å²) in [4.78, 5) is 15.5. The van der Waals surface area contributed by atoms with Crippen LogP contribution in [-0.4, -0.2) is 33.7 Å². The van der Waals surface area contributed by atoms with Crippen molar-refractivity contribution in [3.8, 4) is 0 Å². The second-order valence-corrected chi connectivity index (χ2v) is 4.00. The van der Waals surface area contributed by atoms with Crippen LogP contribution in [0.1, 0.15) is 24.2 Å². The van der Waals surface area contributed by atoms with Crippen LogP contribution in [-0.2, 0) is 4.79 Å². The normalized spacial score (nSPS) is 14.6. The fourth-order valence-electron chi connectivity index (χ4n) is 1.20. The number of hydrogen-bond donors (Lipinski definition) is 2. The first-order valence-electron chi connectivity index (χ1n) is 5.36. The molecule has 1 aromatic rings. The van der Waals surface area contributed by atoms with Crippen molar-refractivity contribution in [3.05, 3.63) is 11.4 Å². The molecule has 0 aliphatic heterocycles. The van der Waals surface area contributed by atoms with Gasteiger partial charge in [0.15, 0.2) is 0 Å². The third-order valence-electron chi connectivity index (χ3n) is 2.44. The first kappa shape index (κ1) is 10.8. The molecular formula is C10H15N5O. The molecule has 0 bridgehead atoms. The number of amides is 1. The van der Waals surface area contributed by atoms with Crippen LogP contribution < -0.4 is 10.6 Å². The summed E-state index contributed by atoms with van der Waals surface area (Å²) in [6.07, 6.45) is 2.18. The Balaban J connectivity index is 1.83. The highest BCUT2D eigenvalue weighted by molar-refractivity contribution is 5.80. The van der Waals surface area contributed by atoms with Crippen molar-refractivity contribution in [2.75, 3.05) is 11.9 Å². The van der Waals surface area contributed by atoms with Gasteiger partial charge in [-0.15, -0.1) is 5.10 Å². The molecule has 0 unspecified atom stereocenters. The van der Waals surface area contributed by atoms with E-state index in [0.717, 1.165) is 24.2 Å². The van der Waals surface area contributed by atoms with E-state index >= 15 is 0 Å². The van der Waals surface area contributed by atoms with Crippen LogP contribution in [0.3, 0.4) is 0 Å². The van der Waals surface area contributed by atoms with E-state index in [4.69, 9.17) is 0 Å². The maximum Gasteiger partial charge on any atom is 0.243 e. The largest absolute Gasteiger partial charge is 0.352 e. The van der Waals surface area contributed by atoms with Gasteiger partial charge in [-0.2, -0.15) is 5.10 Å². The predicted octanol–water partition coefficient (Wildman–Crippen LogP) is 0.179. The average molecular weight is 221 g/mol. The van der Waals surface area contributed by atoms with Crippen LogP contribution >= 0.6 is 0 Å². The highest BCUT2D eigenvalue weighted by Crippen LogP contribution is 2.18. The minimum Gasteiger partial charge on any atom is -0.352 e. The Morgan fingerprint density at radius 1 is 1.31 bits per heavy atom. The lowest BCUT2D eigenvalue weighted by Crippen LogP contribution is -2.31. The van der Waals surface area contributed by atoms with Gasteiger partial charge in [-0.1, -0.05) is 0 Å². The van der Waals surface area contributed by atoms with Gasteiger partial charge in [0, 0.05) is 6.04 Å². The van der Waals surface area contributed by atoms with Crippen molar-refractivity contribution in [1.29, 1.82) is 0 Å². The molecule has 86 valence electrons. The lowest BCUT2D eigenvalue weighted by Gasteiger charge is -2.05. The summed E-state index contributed by atoms with van der Waals surface area (Å²) in [5.74, 6) is 0.373. The Labute approximate surface area is 93.9 Å². The number of hydrogen-bond acceptors (Lipinski definition) is 5. The number of carbonyl (C=O) groups is 1. The predicted molar refractivity (Wildman–Crippen MR) is 59.0 cm³/mol. The van der Waals surface area contributed by atoms with Gasteiger partial charge in [-0.05, 0) is 26.7 Å². The molecular weight excluding hydrogens is 206 g/mol. The van der Waals surface area contributed by atoms with Gasteiger partial charge in [0.05, 0.1) is 17.9 Å². The van der Waals surface area contributed by atoms with E-state index in [0.29, 0.717) is 12.0 Å². The minimum atomic E-state index is -0.0238. The molecule has 1 aliphatic carbocycles. The standard InChI is InChI=1S/C10H15N5O/c1-6-7(2)14-15-10(12-6)11-5-9(16)13-8-3-4-8/h8H,3-5H2,1-2H3,(H,13,16)(H,11,12,15). The minimum absolute atomic E-state index is 0.0238. The second-order valence-electron chi connectivity index (χ2n) is 4.00. The Morgan fingerprint density at radius 3 is 2.69 bits per heavy atom. The third kappa shape index (κ3) is 2.88. The number of aromatic nitrogens is 3. The molecule has 1 heterocycles. The van der Waals surface area contributed by atoms with E-state index in [1.165, 1.54) is 0 Å². The van der Waals surface area contributed by atoms with Gasteiger partial charge < -0.3 is 10.6 Å². The molecule has 1 saturated carbocycles. The van der Waals surface area contributed by atoms with Gasteiger partial charge in [0.2, 0.25) is 11.9 Å². The summed E-state index contributed by atoms with van der Waals surface area (Å²) in [6, 6.07) is 0.382. The summed E-state index contributed by atoms with van der Waals surface area (Å²) in [5, 5.41) is 13.5. The summed E-state index contributed by atoms with van der Waals surface area (Å²) in [5.41, 5.74) is 1.62. The Hall–Kier alpha value is -1.72. The van der Waals surface area contributed by atoms with Crippen LogP contribution in [0.4, 0.5) is 5.95 Å². The molecule has 0 radical (unpaired) electrons. The summed E-state index contributed by atoms with van der Waals surface area (Å²) in [6.45, 7) is 3.90. The Bertz CT molecular complexity index is 402. The van der Waals surface area contributed by atoms with Gasteiger partial charge in [-0.25, -0.2) is 4.98 Å². The van der Waals surface area contributed by atoms with Crippen molar-refractivity contribution < 1.29 is 4.79 Å². The van der Waals surface area contributed by atoms with Gasteiger partial charge in [0.25, 0.3) is 0 Å². The molecule has 1 amide bonds. The maximum atomic E-state index is 11.4. The first-order valence-corrected chi connectivity index (χ1v) is 5.36. The monoisotopic (exact) mass is 221 g/mol. The van der Waals surface area contributed by atoms with Crippen LogP contribution in [0.25, 0.3) is 0 Å². The van der Waals surface area contributed by atoms with Crippen molar-refractivity contribution in [2.45, 2.75) is 32.7 Å². The molecule has 6 heteroatoms. The lowest BCUT2D eigenvalue weighted by atomic mass is 10.4. The topological polar surface area (TPSA) is 79.8 Å². The smallest absolute Gasteiger partial charge is 0.243 e. The van der Waals surface area contributed by atoms with Crippen molar-refractivity contribution in [1.82, 2.24) is 20.5 Å². The molecule has 2 rings (SSSR count). The average Bonchev–Trinajstić information content (AvgIpc) is 3.04. The van der Waals surface area contributed by atoms with E-state index < -0.39 is 0 Å². The third-order valence-corrected chi connectivity index (χ3v) is 2.44.